The molecule has 2 aromatic rings. The van der Waals surface area contributed by atoms with Crippen molar-refractivity contribution in [2.24, 2.45) is 4.99 Å². The van der Waals surface area contributed by atoms with Crippen LogP contribution in [-0.4, -0.2) is 32.5 Å². The number of nitro benzene ring substituents is 1. The first-order valence-electron chi connectivity index (χ1n) is 7.24. The molecule has 0 saturated heterocycles. The summed E-state index contributed by atoms with van der Waals surface area (Å²) < 4.78 is 15.8. The molecular formula is C17H17N2O6-. The van der Waals surface area contributed by atoms with E-state index >= 15 is 0 Å². The van der Waals surface area contributed by atoms with E-state index in [0.717, 1.165) is 12.1 Å². The maximum atomic E-state index is 11.8. The summed E-state index contributed by atoms with van der Waals surface area (Å²) in [6.07, 6.45) is 1.31. The van der Waals surface area contributed by atoms with E-state index in [1.165, 1.54) is 33.6 Å². The molecule has 0 unspecified atom stereocenters. The summed E-state index contributed by atoms with van der Waals surface area (Å²) in [5.41, 5.74) is 0.702. The molecule has 0 N–H and O–H groups in total. The molecule has 25 heavy (non-hydrogen) atoms. The fourth-order valence-electron chi connectivity index (χ4n) is 2.21. The lowest BCUT2D eigenvalue weighted by molar-refractivity contribution is -0.385. The van der Waals surface area contributed by atoms with Gasteiger partial charge in [-0.3, -0.25) is 15.1 Å². The third-order valence-corrected chi connectivity index (χ3v) is 3.48. The van der Waals surface area contributed by atoms with Gasteiger partial charge in [-0.05, 0) is 11.6 Å². The topological polar surface area (TPSA) is 106 Å². The van der Waals surface area contributed by atoms with E-state index in [0.29, 0.717) is 22.8 Å². The fourth-order valence-corrected chi connectivity index (χ4v) is 2.21. The third kappa shape index (κ3) is 4.17. The fraction of sp³-hybridized carbons (Fsp3) is 0.235. The molecular weight excluding hydrogens is 328 g/mol. The first-order valence-corrected chi connectivity index (χ1v) is 7.24. The van der Waals surface area contributed by atoms with Gasteiger partial charge < -0.3 is 19.3 Å². The molecule has 0 saturated carbocycles. The second kappa shape index (κ2) is 8.00. The maximum Gasteiger partial charge on any atom is 0.270 e. The number of hydrogen-bond donors (Lipinski definition) is 0. The van der Waals surface area contributed by atoms with Gasteiger partial charge in [0.1, 0.15) is 5.75 Å². The van der Waals surface area contributed by atoms with Crippen molar-refractivity contribution in [1.29, 1.82) is 0 Å². The number of ether oxygens (including phenoxy) is 3. The molecule has 0 heterocycles. The number of rotatable bonds is 7. The zero-order valence-corrected chi connectivity index (χ0v) is 14.0. The number of non-ortho nitro benzene ring substituents is 1. The minimum atomic E-state index is -0.561. The van der Waals surface area contributed by atoms with Gasteiger partial charge in [0.2, 0.25) is 0 Å². The second-order valence-corrected chi connectivity index (χ2v) is 4.97. The van der Waals surface area contributed by atoms with E-state index in [1.54, 1.807) is 12.1 Å². The molecule has 0 aliphatic carbocycles. The SMILES string of the molecule is COc1cc(OC)c(OC)cc1CN=Cc1cc([N+](=O)[O-])ccc1[O-]. The monoisotopic (exact) mass is 345 g/mol. The van der Waals surface area contributed by atoms with Crippen LogP contribution >= 0.6 is 0 Å². The molecule has 0 spiro atoms. The molecule has 0 aliphatic heterocycles. The number of nitrogens with zero attached hydrogens (tertiary/aromatic N) is 2. The normalized spacial score (nSPS) is 10.7. The van der Waals surface area contributed by atoms with Gasteiger partial charge in [-0.15, -0.1) is 0 Å². The van der Waals surface area contributed by atoms with Crippen molar-refractivity contribution < 1.29 is 24.2 Å². The van der Waals surface area contributed by atoms with E-state index in [1.807, 2.05) is 0 Å². The molecule has 132 valence electrons. The summed E-state index contributed by atoms with van der Waals surface area (Å²) >= 11 is 0. The van der Waals surface area contributed by atoms with Crippen molar-refractivity contribution in [2.75, 3.05) is 21.3 Å². The van der Waals surface area contributed by atoms with Crippen molar-refractivity contribution in [3.8, 4) is 23.0 Å². The van der Waals surface area contributed by atoms with Gasteiger partial charge in [0.05, 0.1) is 32.8 Å². The second-order valence-electron chi connectivity index (χ2n) is 4.97. The number of hydrogen-bond acceptors (Lipinski definition) is 7. The molecule has 0 aliphatic rings. The van der Waals surface area contributed by atoms with Crippen LogP contribution in [0.15, 0.2) is 35.3 Å². The number of benzene rings is 2. The summed E-state index contributed by atoms with van der Waals surface area (Å²) in [6, 6.07) is 6.90. The first kappa shape index (κ1) is 18.1. The van der Waals surface area contributed by atoms with Crippen LogP contribution in [0.25, 0.3) is 0 Å². The molecule has 0 radical (unpaired) electrons. The Morgan fingerprint density at radius 3 is 2.28 bits per heavy atom. The molecule has 0 atom stereocenters. The summed E-state index contributed by atoms with van der Waals surface area (Å²) in [7, 11) is 4.56. The van der Waals surface area contributed by atoms with Crippen molar-refractivity contribution in [2.45, 2.75) is 6.54 Å². The van der Waals surface area contributed by atoms with Crippen LogP contribution in [-0.2, 0) is 6.54 Å². The van der Waals surface area contributed by atoms with E-state index < -0.39 is 4.92 Å². The lowest BCUT2D eigenvalue weighted by atomic mass is 10.1. The molecule has 2 rings (SSSR count). The highest BCUT2D eigenvalue weighted by Crippen LogP contribution is 2.35. The zero-order chi connectivity index (χ0) is 18.4. The minimum absolute atomic E-state index is 0.147. The molecule has 8 nitrogen and oxygen atoms in total. The summed E-state index contributed by atoms with van der Waals surface area (Å²) in [6.45, 7) is 0.200. The maximum absolute atomic E-state index is 11.8. The Kier molecular flexibility index (Phi) is 5.78. The third-order valence-electron chi connectivity index (χ3n) is 3.48. The molecule has 0 fully saturated rings. The molecule has 0 aromatic heterocycles. The number of nitro groups is 1. The Labute approximate surface area is 144 Å². The molecule has 8 heteroatoms. The van der Waals surface area contributed by atoms with E-state index in [2.05, 4.69) is 4.99 Å². The zero-order valence-electron chi connectivity index (χ0n) is 14.0. The smallest absolute Gasteiger partial charge is 0.270 e. The van der Waals surface area contributed by atoms with Gasteiger partial charge >= 0.3 is 0 Å². The lowest BCUT2D eigenvalue weighted by Crippen LogP contribution is -1.99. The Bertz CT molecular complexity index is 804. The van der Waals surface area contributed by atoms with Gasteiger partial charge in [0.25, 0.3) is 5.69 Å². The van der Waals surface area contributed by atoms with Crippen LogP contribution in [0.2, 0.25) is 0 Å². The Balaban J connectivity index is 2.27. The highest BCUT2D eigenvalue weighted by molar-refractivity contribution is 5.84. The van der Waals surface area contributed by atoms with Gasteiger partial charge in [0.15, 0.2) is 11.5 Å². The highest BCUT2D eigenvalue weighted by Gasteiger charge is 2.11. The molecule has 0 amide bonds. The van der Waals surface area contributed by atoms with Crippen LogP contribution < -0.4 is 19.3 Å². The summed E-state index contributed by atoms with van der Waals surface area (Å²) in [5, 5.41) is 22.6. The van der Waals surface area contributed by atoms with Gasteiger partial charge in [0, 0.05) is 30.0 Å². The van der Waals surface area contributed by atoms with Crippen LogP contribution in [0, 0.1) is 10.1 Å². The minimum Gasteiger partial charge on any atom is -0.872 e. The first-order chi connectivity index (χ1) is 12.0. The van der Waals surface area contributed by atoms with Crippen LogP contribution in [0.5, 0.6) is 23.0 Å². The Hall–Kier alpha value is -3.29. The quantitative estimate of drug-likeness (QED) is 0.433. The lowest BCUT2D eigenvalue weighted by Gasteiger charge is -2.13. The summed E-state index contributed by atoms with van der Waals surface area (Å²) in [5.74, 6) is 1.26. The largest absolute Gasteiger partial charge is 0.872 e. The number of aliphatic imine (C=N–C) groups is 1. The highest BCUT2D eigenvalue weighted by atomic mass is 16.6. The molecule has 2 aromatic carbocycles. The van der Waals surface area contributed by atoms with E-state index in [4.69, 9.17) is 14.2 Å². The van der Waals surface area contributed by atoms with Crippen molar-refractivity contribution in [1.82, 2.24) is 0 Å². The van der Waals surface area contributed by atoms with Gasteiger partial charge in [-0.25, -0.2) is 0 Å². The Morgan fingerprint density at radius 2 is 1.68 bits per heavy atom. The van der Waals surface area contributed by atoms with Gasteiger partial charge in [-0.1, -0.05) is 11.8 Å². The van der Waals surface area contributed by atoms with E-state index in [9.17, 15) is 15.2 Å². The molecule has 0 bridgehead atoms. The van der Waals surface area contributed by atoms with Crippen LogP contribution in [0.1, 0.15) is 11.1 Å². The Morgan fingerprint density at radius 1 is 1.04 bits per heavy atom. The predicted octanol–water partition coefficient (Wildman–Crippen LogP) is 2.31. The van der Waals surface area contributed by atoms with Gasteiger partial charge in [-0.2, -0.15) is 0 Å². The van der Waals surface area contributed by atoms with Crippen molar-refractivity contribution in [3.05, 3.63) is 51.6 Å². The van der Waals surface area contributed by atoms with Crippen LogP contribution in [0.4, 0.5) is 5.69 Å². The summed E-state index contributed by atoms with van der Waals surface area (Å²) in [4.78, 5) is 14.4. The van der Waals surface area contributed by atoms with Crippen LogP contribution in [0.3, 0.4) is 0 Å². The van der Waals surface area contributed by atoms with Crippen molar-refractivity contribution >= 4 is 11.9 Å². The average Bonchev–Trinajstić information content (AvgIpc) is 2.62. The van der Waals surface area contributed by atoms with E-state index in [-0.39, 0.29) is 23.5 Å². The standard InChI is InChI=1S/C17H18N2O6/c1-23-15-8-17(25-3)16(24-2)7-12(15)10-18-9-11-6-13(19(21)22)4-5-14(11)20/h4-9,20H,10H2,1-3H3/p-1. The predicted molar refractivity (Wildman–Crippen MR) is 89.9 cm³/mol. The average molecular weight is 345 g/mol. The van der Waals surface area contributed by atoms with Crippen molar-refractivity contribution in [3.63, 3.8) is 0 Å². The number of methoxy groups -OCH3 is 3.